The molecule has 0 unspecified atom stereocenters. The van der Waals surface area contributed by atoms with Crippen LogP contribution in [0.5, 0.6) is 0 Å². The lowest BCUT2D eigenvalue weighted by molar-refractivity contribution is 0.262. The van der Waals surface area contributed by atoms with E-state index in [0.29, 0.717) is 22.9 Å². The molecule has 0 atom stereocenters. The minimum Gasteiger partial charge on any atom is -0.292 e. The fourth-order valence-corrected chi connectivity index (χ4v) is 4.59. The Morgan fingerprint density at radius 3 is 1.42 bits per heavy atom. The zero-order chi connectivity index (χ0) is 25.5. The van der Waals surface area contributed by atoms with Gasteiger partial charge in [-0.2, -0.15) is 0 Å². The lowest BCUT2D eigenvalue weighted by atomic mass is 10.0. The number of anilines is 2. The third-order valence-corrected chi connectivity index (χ3v) is 6.16. The quantitative estimate of drug-likeness (QED) is 0.252. The van der Waals surface area contributed by atoms with Gasteiger partial charge in [-0.3, -0.25) is 10.6 Å². The summed E-state index contributed by atoms with van der Waals surface area (Å²) in [7, 11) is 0. The Balaban J connectivity index is 1.56. The molecule has 0 aliphatic rings. The lowest BCUT2D eigenvalue weighted by Crippen LogP contribution is -2.21. The van der Waals surface area contributed by atoms with Gasteiger partial charge in [-0.15, -0.1) is 0 Å². The molecule has 2 N–H and O–H groups in total. The molecule has 0 saturated carbocycles. The van der Waals surface area contributed by atoms with Crippen molar-refractivity contribution in [2.24, 2.45) is 0 Å². The minimum absolute atomic E-state index is 0.398. The molecule has 0 bridgehead atoms. The lowest BCUT2D eigenvalue weighted by Gasteiger charge is -2.12. The van der Waals surface area contributed by atoms with E-state index in [-0.39, 0.29) is 0 Å². The summed E-state index contributed by atoms with van der Waals surface area (Å²) in [5.41, 5.74) is 5.93. The van der Waals surface area contributed by atoms with Gasteiger partial charge in [-0.25, -0.2) is 24.7 Å². The number of rotatable bonds is 10. The second-order valence-electron chi connectivity index (χ2n) is 9.26. The summed E-state index contributed by atoms with van der Waals surface area (Å²) in [5, 5.41) is 7.75. The number of amides is 2. The Hall–Kier alpha value is -3.61. The van der Waals surface area contributed by atoms with Crippen LogP contribution in [0.15, 0.2) is 36.4 Å². The maximum absolute atomic E-state index is 12.8. The number of fused-ring (bicyclic) bond motifs is 2. The van der Waals surface area contributed by atoms with Crippen LogP contribution >= 0.6 is 0 Å². The molecule has 0 fully saturated rings. The topological polar surface area (TPSA) is 92.7 Å². The summed E-state index contributed by atoms with van der Waals surface area (Å²) >= 11 is 0. The number of nitrogens with zero attached hydrogens (tertiary/aromatic N) is 4. The zero-order valence-corrected chi connectivity index (χ0v) is 21.8. The van der Waals surface area contributed by atoms with Crippen molar-refractivity contribution in [3.8, 4) is 0 Å². The normalized spacial score (nSPS) is 11.2. The molecule has 188 valence electrons. The van der Waals surface area contributed by atoms with Crippen molar-refractivity contribution in [3.63, 3.8) is 0 Å². The first-order valence-electron chi connectivity index (χ1n) is 13.2. The van der Waals surface area contributed by atoms with Crippen molar-refractivity contribution >= 4 is 39.7 Å². The van der Waals surface area contributed by atoms with Gasteiger partial charge in [-0.05, 0) is 73.2 Å². The first kappa shape index (κ1) is 25.5. The third kappa shape index (κ3) is 5.96. The van der Waals surface area contributed by atoms with E-state index in [2.05, 4.69) is 60.4 Å². The maximum atomic E-state index is 12.8. The molecule has 7 nitrogen and oxygen atoms in total. The maximum Gasteiger partial charge on any atom is 0.326 e. The van der Waals surface area contributed by atoms with Gasteiger partial charge in [0.2, 0.25) is 0 Å². The number of carbonyl (C=O) groups is 1. The van der Waals surface area contributed by atoms with Crippen LogP contribution in [0.4, 0.5) is 16.4 Å². The van der Waals surface area contributed by atoms with Crippen molar-refractivity contribution in [1.29, 1.82) is 0 Å². The highest BCUT2D eigenvalue weighted by Gasteiger charge is 2.12. The van der Waals surface area contributed by atoms with Gasteiger partial charge in [0.15, 0.2) is 11.3 Å². The van der Waals surface area contributed by atoms with E-state index >= 15 is 0 Å². The average Bonchev–Trinajstić information content (AvgIpc) is 2.84. The Morgan fingerprint density at radius 2 is 1.03 bits per heavy atom. The van der Waals surface area contributed by atoms with Crippen molar-refractivity contribution in [3.05, 3.63) is 58.9 Å². The average molecular weight is 485 g/mol. The Labute approximate surface area is 213 Å². The number of urea groups is 1. The van der Waals surface area contributed by atoms with Crippen LogP contribution in [0.3, 0.4) is 0 Å². The molecule has 4 aromatic rings. The van der Waals surface area contributed by atoms with Crippen molar-refractivity contribution in [2.75, 3.05) is 10.6 Å². The van der Waals surface area contributed by atoms with E-state index in [9.17, 15) is 4.79 Å². The zero-order valence-electron chi connectivity index (χ0n) is 21.8. The standard InChI is InChI=1S/C29H36N6O/c1-5-9-19-17-21(11-7-3)30-27-23(19)13-15-25(32-27)34-29(36)35-26-16-14-24-20(10-6-2)18-22(12-8-4)31-28(24)33-26/h13-18H,5-12H2,1-4H3,(H2,30,31,32,33,34,35,36). The summed E-state index contributed by atoms with van der Waals surface area (Å²) in [6.45, 7) is 8.63. The van der Waals surface area contributed by atoms with Crippen molar-refractivity contribution in [2.45, 2.75) is 79.1 Å². The second kappa shape index (κ2) is 11.9. The molecule has 0 aliphatic heterocycles. The van der Waals surface area contributed by atoms with Crippen LogP contribution in [-0.2, 0) is 25.7 Å². The predicted octanol–water partition coefficient (Wildman–Crippen LogP) is 7.03. The van der Waals surface area contributed by atoms with Crippen LogP contribution in [0.1, 0.15) is 75.9 Å². The molecular formula is C29H36N6O. The van der Waals surface area contributed by atoms with Gasteiger partial charge >= 0.3 is 6.03 Å². The van der Waals surface area contributed by atoms with Crippen LogP contribution in [0.2, 0.25) is 0 Å². The van der Waals surface area contributed by atoms with Gasteiger partial charge < -0.3 is 0 Å². The molecule has 0 aliphatic carbocycles. The molecular weight excluding hydrogens is 448 g/mol. The number of aryl methyl sites for hydroxylation is 4. The number of nitrogens with one attached hydrogen (secondary N) is 2. The Bertz CT molecular complexity index is 1260. The first-order chi connectivity index (χ1) is 17.5. The van der Waals surface area contributed by atoms with Gasteiger partial charge in [0.25, 0.3) is 0 Å². The van der Waals surface area contributed by atoms with Crippen molar-refractivity contribution < 1.29 is 4.79 Å². The molecule has 4 rings (SSSR count). The highest BCUT2D eigenvalue weighted by molar-refractivity contribution is 5.99. The van der Waals surface area contributed by atoms with Crippen molar-refractivity contribution in [1.82, 2.24) is 19.9 Å². The number of hydrogen-bond donors (Lipinski definition) is 2. The molecule has 7 heteroatoms. The number of carbonyl (C=O) groups excluding carboxylic acids is 1. The van der Waals surface area contributed by atoms with Gasteiger partial charge in [0.05, 0.1) is 0 Å². The molecule has 4 aromatic heterocycles. The molecule has 0 aromatic carbocycles. The summed E-state index contributed by atoms with van der Waals surface area (Å²) in [6, 6.07) is 11.6. The number of hydrogen-bond acceptors (Lipinski definition) is 5. The van der Waals surface area contributed by atoms with E-state index in [1.165, 1.54) is 11.1 Å². The monoisotopic (exact) mass is 484 g/mol. The Morgan fingerprint density at radius 1 is 0.611 bits per heavy atom. The van der Waals surface area contributed by atoms with E-state index in [1.54, 1.807) is 0 Å². The molecule has 0 spiro atoms. The molecule has 0 radical (unpaired) electrons. The smallest absolute Gasteiger partial charge is 0.292 e. The van der Waals surface area contributed by atoms with Gasteiger partial charge in [-0.1, -0.05) is 53.4 Å². The Kier molecular flexibility index (Phi) is 8.41. The van der Waals surface area contributed by atoms with E-state index in [1.807, 2.05) is 24.3 Å². The second-order valence-corrected chi connectivity index (χ2v) is 9.26. The summed E-state index contributed by atoms with van der Waals surface area (Å²) in [4.78, 5) is 31.5. The van der Waals surface area contributed by atoms with Crippen LogP contribution < -0.4 is 10.6 Å². The van der Waals surface area contributed by atoms with E-state index < -0.39 is 6.03 Å². The van der Waals surface area contributed by atoms with Crippen LogP contribution in [-0.4, -0.2) is 26.0 Å². The van der Waals surface area contributed by atoms with Crippen LogP contribution in [0, 0.1) is 0 Å². The highest BCUT2D eigenvalue weighted by atomic mass is 16.2. The largest absolute Gasteiger partial charge is 0.326 e. The third-order valence-electron chi connectivity index (χ3n) is 6.16. The first-order valence-corrected chi connectivity index (χ1v) is 13.2. The number of pyridine rings is 4. The SMILES string of the molecule is CCCc1cc(CCC)c2ccc(NC(=O)Nc3ccc4c(CCC)cc(CCC)nc4n3)nc2n1. The predicted molar refractivity (Wildman–Crippen MR) is 148 cm³/mol. The fourth-order valence-electron chi connectivity index (χ4n) is 4.59. The summed E-state index contributed by atoms with van der Waals surface area (Å²) in [5.74, 6) is 0.913. The summed E-state index contributed by atoms with van der Waals surface area (Å²) < 4.78 is 0. The number of aromatic nitrogens is 4. The minimum atomic E-state index is -0.398. The molecule has 36 heavy (non-hydrogen) atoms. The van der Waals surface area contributed by atoms with Gasteiger partial charge in [0.1, 0.15) is 11.6 Å². The molecule has 4 heterocycles. The highest BCUT2D eigenvalue weighted by Crippen LogP contribution is 2.23. The molecule has 0 saturated heterocycles. The van der Waals surface area contributed by atoms with Gasteiger partial charge in [0, 0.05) is 22.2 Å². The fraction of sp³-hybridized carbons (Fsp3) is 0.414. The summed E-state index contributed by atoms with van der Waals surface area (Å²) in [6.07, 6.45) is 7.94. The van der Waals surface area contributed by atoms with E-state index in [0.717, 1.165) is 73.5 Å². The van der Waals surface area contributed by atoms with E-state index in [4.69, 9.17) is 9.97 Å². The van der Waals surface area contributed by atoms with Crippen LogP contribution in [0.25, 0.3) is 22.1 Å². The molecule has 2 amide bonds.